The zero-order chi connectivity index (χ0) is 15.4. The summed E-state index contributed by atoms with van der Waals surface area (Å²) < 4.78 is 6.90. The van der Waals surface area contributed by atoms with Gasteiger partial charge in [-0.05, 0) is 29.8 Å². The number of benzene rings is 2. The van der Waals surface area contributed by atoms with E-state index in [-0.39, 0.29) is 0 Å². The van der Waals surface area contributed by atoms with Crippen LogP contribution in [-0.2, 0) is 6.42 Å². The number of hydrogen-bond donors (Lipinski definition) is 0. The molecule has 0 saturated heterocycles. The van der Waals surface area contributed by atoms with E-state index in [1.165, 1.54) is 0 Å². The van der Waals surface area contributed by atoms with Crippen LogP contribution in [0.15, 0.2) is 60.8 Å². The van der Waals surface area contributed by atoms with Crippen LogP contribution in [0.3, 0.4) is 0 Å². The van der Waals surface area contributed by atoms with Crippen molar-refractivity contribution in [3.63, 3.8) is 0 Å². The Kier molecular flexibility index (Phi) is 3.88. The molecule has 0 aliphatic rings. The van der Waals surface area contributed by atoms with Crippen molar-refractivity contribution in [2.45, 2.75) is 6.42 Å². The van der Waals surface area contributed by atoms with E-state index < -0.39 is 0 Å². The number of methoxy groups -OCH3 is 1. The summed E-state index contributed by atoms with van der Waals surface area (Å²) >= 11 is 0. The van der Waals surface area contributed by atoms with E-state index in [2.05, 4.69) is 11.2 Å². The molecule has 0 amide bonds. The van der Waals surface area contributed by atoms with Crippen LogP contribution in [-0.4, -0.2) is 16.9 Å². The number of rotatable bonds is 4. The minimum Gasteiger partial charge on any atom is -0.497 e. The lowest BCUT2D eigenvalue weighted by Crippen LogP contribution is -1.96. The van der Waals surface area contributed by atoms with Crippen molar-refractivity contribution in [2.75, 3.05) is 7.11 Å². The molecule has 4 nitrogen and oxygen atoms in total. The lowest BCUT2D eigenvalue weighted by Gasteiger charge is -2.02. The van der Waals surface area contributed by atoms with E-state index in [4.69, 9.17) is 4.74 Å². The molecule has 1 aromatic heterocycles. The van der Waals surface area contributed by atoms with Crippen molar-refractivity contribution < 1.29 is 4.74 Å². The molecule has 4 heteroatoms. The standard InChI is InChI=1S/C18H15N3O/c1-22-17-9-7-14(8-10-17)11-18-15(12-19)13-21(20-18)16-5-3-2-4-6-16/h2-10,13H,11H2,1H3. The normalized spacial score (nSPS) is 10.2. The van der Waals surface area contributed by atoms with Crippen molar-refractivity contribution >= 4 is 0 Å². The summed E-state index contributed by atoms with van der Waals surface area (Å²) in [6, 6.07) is 19.8. The molecule has 0 fully saturated rings. The molecule has 108 valence electrons. The first-order chi connectivity index (χ1) is 10.8. The van der Waals surface area contributed by atoms with Gasteiger partial charge in [-0.1, -0.05) is 30.3 Å². The molecule has 0 bridgehead atoms. The summed E-state index contributed by atoms with van der Waals surface area (Å²) in [5.41, 5.74) is 3.41. The average molecular weight is 289 g/mol. The zero-order valence-corrected chi connectivity index (χ0v) is 12.2. The van der Waals surface area contributed by atoms with Gasteiger partial charge in [0.15, 0.2) is 0 Å². The fourth-order valence-corrected chi connectivity index (χ4v) is 2.28. The number of nitrogens with zero attached hydrogens (tertiary/aromatic N) is 3. The third-order valence-electron chi connectivity index (χ3n) is 3.46. The third-order valence-corrected chi connectivity index (χ3v) is 3.46. The second-order valence-corrected chi connectivity index (χ2v) is 4.91. The van der Waals surface area contributed by atoms with Gasteiger partial charge in [-0.15, -0.1) is 0 Å². The van der Waals surface area contributed by atoms with Crippen molar-refractivity contribution in [3.05, 3.63) is 77.6 Å². The maximum absolute atomic E-state index is 9.32. The van der Waals surface area contributed by atoms with Crippen LogP contribution in [0.1, 0.15) is 16.8 Å². The summed E-state index contributed by atoms with van der Waals surface area (Å²) in [6.45, 7) is 0. The highest BCUT2D eigenvalue weighted by atomic mass is 16.5. The summed E-state index contributed by atoms with van der Waals surface area (Å²) in [7, 11) is 1.64. The molecule has 3 aromatic rings. The van der Waals surface area contributed by atoms with Gasteiger partial charge in [0.05, 0.1) is 24.1 Å². The third kappa shape index (κ3) is 2.84. The van der Waals surface area contributed by atoms with Crippen LogP contribution >= 0.6 is 0 Å². The van der Waals surface area contributed by atoms with E-state index in [1.807, 2.05) is 54.6 Å². The van der Waals surface area contributed by atoms with Gasteiger partial charge in [0.2, 0.25) is 0 Å². The van der Waals surface area contributed by atoms with Gasteiger partial charge in [-0.2, -0.15) is 10.4 Å². The van der Waals surface area contributed by atoms with Crippen molar-refractivity contribution in [1.29, 1.82) is 5.26 Å². The topological polar surface area (TPSA) is 50.8 Å². The Hall–Kier alpha value is -3.06. The molecule has 0 radical (unpaired) electrons. The second kappa shape index (κ2) is 6.15. The predicted octanol–water partition coefficient (Wildman–Crippen LogP) is 3.34. The molecule has 0 atom stereocenters. The molecule has 0 spiro atoms. The Morgan fingerprint density at radius 2 is 1.82 bits per heavy atom. The Balaban J connectivity index is 1.90. The monoisotopic (exact) mass is 289 g/mol. The van der Waals surface area contributed by atoms with Gasteiger partial charge in [0.25, 0.3) is 0 Å². The van der Waals surface area contributed by atoms with Gasteiger partial charge in [-0.25, -0.2) is 4.68 Å². The molecule has 0 N–H and O–H groups in total. The number of ether oxygens (including phenoxy) is 1. The van der Waals surface area contributed by atoms with E-state index in [0.29, 0.717) is 12.0 Å². The smallest absolute Gasteiger partial charge is 0.118 e. The second-order valence-electron chi connectivity index (χ2n) is 4.91. The Morgan fingerprint density at radius 1 is 1.09 bits per heavy atom. The fourth-order valence-electron chi connectivity index (χ4n) is 2.28. The van der Waals surface area contributed by atoms with E-state index in [1.54, 1.807) is 18.0 Å². The van der Waals surface area contributed by atoms with Gasteiger partial charge >= 0.3 is 0 Å². The Morgan fingerprint density at radius 3 is 2.45 bits per heavy atom. The zero-order valence-electron chi connectivity index (χ0n) is 12.2. The first-order valence-electron chi connectivity index (χ1n) is 6.97. The Labute approximate surface area is 129 Å². The van der Waals surface area contributed by atoms with E-state index in [9.17, 15) is 5.26 Å². The van der Waals surface area contributed by atoms with Crippen molar-refractivity contribution in [2.24, 2.45) is 0 Å². The first kappa shape index (κ1) is 13.9. The molecular formula is C18H15N3O. The first-order valence-corrected chi connectivity index (χ1v) is 6.97. The largest absolute Gasteiger partial charge is 0.497 e. The summed E-state index contributed by atoms with van der Waals surface area (Å²) in [6.07, 6.45) is 2.39. The van der Waals surface area contributed by atoms with E-state index in [0.717, 1.165) is 22.7 Å². The van der Waals surface area contributed by atoms with Crippen LogP contribution < -0.4 is 4.74 Å². The number of aromatic nitrogens is 2. The summed E-state index contributed by atoms with van der Waals surface area (Å²) in [5, 5.41) is 13.9. The van der Waals surface area contributed by atoms with Crippen LogP contribution in [0.4, 0.5) is 0 Å². The fraction of sp³-hybridized carbons (Fsp3) is 0.111. The average Bonchev–Trinajstić information content (AvgIpc) is 2.99. The van der Waals surface area contributed by atoms with Crippen LogP contribution in [0.5, 0.6) is 5.75 Å². The summed E-state index contributed by atoms with van der Waals surface area (Å²) in [4.78, 5) is 0. The summed E-state index contributed by atoms with van der Waals surface area (Å²) in [5.74, 6) is 0.819. The van der Waals surface area contributed by atoms with Crippen molar-refractivity contribution in [3.8, 4) is 17.5 Å². The molecule has 0 aliphatic heterocycles. The lowest BCUT2D eigenvalue weighted by molar-refractivity contribution is 0.414. The van der Waals surface area contributed by atoms with Crippen LogP contribution in [0.25, 0.3) is 5.69 Å². The molecule has 0 unspecified atom stereocenters. The van der Waals surface area contributed by atoms with Gasteiger partial charge in [0.1, 0.15) is 11.8 Å². The number of nitriles is 1. The molecule has 2 aromatic carbocycles. The minimum absolute atomic E-state index is 0.597. The SMILES string of the molecule is COc1ccc(Cc2nn(-c3ccccc3)cc2C#N)cc1. The van der Waals surface area contributed by atoms with Gasteiger partial charge in [-0.3, -0.25) is 0 Å². The van der Waals surface area contributed by atoms with Crippen molar-refractivity contribution in [1.82, 2.24) is 9.78 Å². The van der Waals surface area contributed by atoms with Crippen LogP contribution in [0.2, 0.25) is 0 Å². The number of para-hydroxylation sites is 1. The minimum atomic E-state index is 0.597. The van der Waals surface area contributed by atoms with E-state index >= 15 is 0 Å². The molecule has 22 heavy (non-hydrogen) atoms. The molecular weight excluding hydrogens is 274 g/mol. The maximum Gasteiger partial charge on any atom is 0.118 e. The highest BCUT2D eigenvalue weighted by Crippen LogP contribution is 2.17. The molecule has 0 saturated carbocycles. The lowest BCUT2D eigenvalue weighted by atomic mass is 10.1. The van der Waals surface area contributed by atoms with Gasteiger partial charge < -0.3 is 4.74 Å². The van der Waals surface area contributed by atoms with Gasteiger partial charge in [0, 0.05) is 12.6 Å². The molecule has 0 aliphatic carbocycles. The highest BCUT2D eigenvalue weighted by molar-refractivity contribution is 5.40. The maximum atomic E-state index is 9.32. The molecule has 1 heterocycles. The predicted molar refractivity (Wildman–Crippen MR) is 84.1 cm³/mol. The highest BCUT2D eigenvalue weighted by Gasteiger charge is 2.10. The Bertz CT molecular complexity index is 799. The molecule has 3 rings (SSSR count). The number of hydrogen-bond acceptors (Lipinski definition) is 3. The quantitative estimate of drug-likeness (QED) is 0.740. The van der Waals surface area contributed by atoms with Crippen LogP contribution in [0, 0.1) is 11.3 Å².